The summed E-state index contributed by atoms with van der Waals surface area (Å²) in [4.78, 5) is 0. The molecule has 0 aromatic carbocycles. The van der Waals surface area contributed by atoms with Crippen molar-refractivity contribution in [1.29, 1.82) is 0 Å². The second-order valence-electron chi connectivity index (χ2n) is 3.91. The number of hydrogen-bond acceptors (Lipinski definition) is 2. The molecule has 2 nitrogen and oxygen atoms in total. The fourth-order valence-electron chi connectivity index (χ4n) is 1.16. The molecule has 1 aliphatic rings. The predicted molar refractivity (Wildman–Crippen MR) is 52.4 cm³/mol. The van der Waals surface area contributed by atoms with Gasteiger partial charge in [0.15, 0.2) is 5.79 Å². The van der Waals surface area contributed by atoms with Crippen LogP contribution in [0, 0.1) is 11.8 Å². The van der Waals surface area contributed by atoms with Crippen LogP contribution in [0.15, 0.2) is 0 Å². The van der Waals surface area contributed by atoms with Crippen molar-refractivity contribution in [2.24, 2.45) is 11.8 Å². The fourth-order valence-corrected chi connectivity index (χ4v) is 1.69. The van der Waals surface area contributed by atoms with Crippen molar-refractivity contribution in [3.8, 4) is 0 Å². The van der Waals surface area contributed by atoms with Gasteiger partial charge in [0.05, 0.1) is 13.2 Å². The Morgan fingerprint density at radius 3 is 2.33 bits per heavy atom. The van der Waals surface area contributed by atoms with E-state index in [1.165, 1.54) is 0 Å². The van der Waals surface area contributed by atoms with E-state index in [9.17, 15) is 0 Å². The Labute approximate surface area is 82.7 Å². The molecule has 72 valence electrons. The largest absolute Gasteiger partial charge is 0.350 e. The number of halogens is 1. The lowest BCUT2D eigenvalue weighted by Gasteiger charge is -2.36. The Hall–Kier alpha value is 0.400. The van der Waals surface area contributed by atoms with Crippen LogP contribution in [0.25, 0.3) is 0 Å². The van der Waals surface area contributed by atoms with Crippen molar-refractivity contribution in [3.05, 3.63) is 0 Å². The molecule has 0 amide bonds. The van der Waals surface area contributed by atoms with Crippen molar-refractivity contribution in [2.45, 2.75) is 26.6 Å². The molecule has 1 aliphatic heterocycles. The number of ether oxygens (including phenoxy) is 2. The van der Waals surface area contributed by atoms with Gasteiger partial charge >= 0.3 is 0 Å². The summed E-state index contributed by atoms with van der Waals surface area (Å²) in [6.45, 7) is 7.77. The van der Waals surface area contributed by atoms with Crippen molar-refractivity contribution < 1.29 is 9.47 Å². The Morgan fingerprint density at radius 2 is 1.92 bits per heavy atom. The maximum atomic E-state index is 5.56. The SMILES string of the molecule is CC(CBr)C1COC(C)(C)OC1. The van der Waals surface area contributed by atoms with E-state index >= 15 is 0 Å². The average Bonchev–Trinajstić information content (AvgIpc) is 2.03. The summed E-state index contributed by atoms with van der Waals surface area (Å²) in [5.41, 5.74) is 0. The maximum Gasteiger partial charge on any atom is 0.162 e. The topological polar surface area (TPSA) is 18.5 Å². The van der Waals surface area contributed by atoms with Crippen molar-refractivity contribution in [2.75, 3.05) is 18.5 Å². The monoisotopic (exact) mass is 236 g/mol. The highest BCUT2D eigenvalue weighted by Crippen LogP contribution is 2.25. The summed E-state index contributed by atoms with van der Waals surface area (Å²) in [5.74, 6) is 0.793. The first kappa shape index (κ1) is 10.5. The third kappa shape index (κ3) is 2.71. The van der Waals surface area contributed by atoms with Gasteiger partial charge < -0.3 is 9.47 Å². The average molecular weight is 237 g/mol. The van der Waals surface area contributed by atoms with Crippen LogP contribution in [0.5, 0.6) is 0 Å². The normalized spacial score (nSPS) is 27.0. The third-order valence-corrected chi connectivity index (χ3v) is 3.36. The van der Waals surface area contributed by atoms with Gasteiger partial charge in [-0.2, -0.15) is 0 Å². The number of hydrogen-bond donors (Lipinski definition) is 0. The van der Waals surface area contributed by atoms with Crippen molar-refractivity contribution >= 4 is 15.9 Å². The van der Waals surface area contributed by atoms with Crippen LogP contribution in [0.4, 0.5) is 0 Å². The molecule has 0 aromatic rings. The van der Waals surface area contributed by atoms with E-state index in [-0.39, 0.29) is 5.79 Å². The molecule has 0 spiro atoms. The summed E-state index contributed by atoms with van der Waals surface area (Å²) in [6, 6.07) is 0. The lowest BCUT2D eigenvalue weighted by molar-refractivity contribution is -0.266. The molecular weight excluding hydrogens is 220 g/mol. The van der Waals surface area contributed by atoms with Crippen LogP contribution in [-0.2, 0) is 9.47 Å². The Balaban J connectivity index is 2.36. The van der Waals surface area contributed by atoms with Gasteiger partial charge in [-0.25, -0.2) is 0 Å². The van der Waals surface area contributed by atoms with E-state index in [4.69, 9.17) is 9.47 Å². The number of alkyl halides is 1. The highest BCUT2D eigenvalue weighted by molar-refractivity contribution is 9.09. The quantitative estimate of drug-likeness (QED) is 0.686. The second-order valence-corrected chi connectivity index (χ2v) is 4.56. The minimum Gasteiger partial charge on any atom is -0.350 e. The van der Waals surface area contributed by atoms with E-state index in [2.05, 4.69) is 22.9 Å². The molecule has 1 atom stereocenters. The first-order valence-electron chi connectivity index (χ1n) is 4.39. The lowest BCUT2D eigenvalue weighted by atomic mass is 9.97. The molecule has 1 fully saturated rings. The van der Waals surface area contributed by atoms with Crippen LogP contribution in [0.2, 0.25) is 0 Å². The second kappa shape index (κ2) is 4.07. The summed E-state index contributed by atoms with van der Waals surface area (Å²) < 4.78 is 11.1. The molecule has 1 heterocycles. The molecule has 0 aliphatic carbocycles. The third-order valence-electron chi connectivity index (χ3n) is 2.34. The molecule has 1 rings (SSSR count). The van der Waals surface area contributed by atoms with Gasteiger partial charge in [0.1, 0.15) is 0 Å². The minimum atomic E-state index is -0.372. The lowest BCUT2D eigenvalue weighted by Crippen LogP contribution is -2.41. The van der Waals surface area contributed by atoms with Gasteiger partial charge in [-0.3, -0.25) is 0 Å². The molecule has 3 heteroatoms. The van der Waals surface area contributed by atoms with Crippen LogP contribution in [0.3, 0.4) is 0 Å². The molecule has 1 saturated heterocycles. The zero-order valence-corrected chi connectivity index (χ0v) is 9.56. The smallest absolute Gasteiger partial charge is 0.162 e. The van der Waals surface area contributed by atoms with E-state index in [1.54, 1.807) is 0 Å². The summed E-state index contributed by atoms with van der Waals surface area (Å²) >= 11 is 3.47. The van der Waals surface area contributed by atoms with Crippen LogP contribution in [0.1, 0.15) is 20.8 Å². The Morgan fingerprint density at radius 1 is 1.42 bits per heavy atom. The zero-order valence-electron chi connectivity index (χ0n) is 7.97. The maximum absolute atomic E-state index is 5.56. The minimum absolute atomic E-state index is 0.372. The molecule has 0 radical (unpaired) electrons. The molecule has 0 bridgehead atoms. The summed E-state index contributed by atoms with van der Waals surface area (Å²) in [6.07, 6.45) is 0. The van der Waals surface area contributed by atoms with E-state index < -0.39 is 0 Å². The Kier molecular flexibility index (Phi) is 3.56. The first-order valence-corrected chi connectivity index (χ1v) is 5.51. The van der Waals surface area contributed by atoms with E-state index in [0.717, 1.165) is 18.5 Å². The van der Waals surface area contributed by atoms with Crippen LogP contribution < -0.4 is 0 Å². The number of rotatable bonds is 2. The molecule has 12 heavy (non-hydrogen) atoms. The van der Waals surface area contributed by atoms with Gasteiger partial charge in [0.25, 0.3) is 0 Å². The summed E-state index contributed by atoms with van der Waals surface area (Å²) in [5, 5.41) is 1.02. The fraction of sp³-hybridized carbons (Fsp3) is 1.00. The highest BCUT2D eigenvalue weighted by Gasteiger charge is 2.30. The molecule has 1 unspecified atom stereocenters. The van der Waals surface area contributed by atoms with E-state index in [1.807, 2.05) is 13.8 Å². The van der Waals surface area contributed by atoms with Gasteiger partial charge in [-0.15, -0.1) is 0 Å². The van der Waals surface area contributed by atoms with Crippen LogP contribution >= 0.6 is 15.9 Å². The van der Waals surface area contributed by atoms with Crippen molar-refractivity contribution in [3.63, 3.8) is 0 Å². The zero-order chi connectivity index (χ0) is 9.19. The molecule has 0 saturated carbocycles. The van der Waals surface area contributed by atoms with E-state index in [0.29, 0.717) is 11.8 Å². The Bertz CT molecular complexity index is 137. The predicted octanol–water partition coefficient (Wildman–Crippen LogP) is 2.42. The highest BCUT2D eigenvalue weighted by atomic mass is 79.9. The van der Waals surface area contributed by atoms with Crippen LogP contribution in [-0.4, -0.2) is 24.3 Å². The van der Waals surface area contributed by atoms with Gasteiger partial charge in [0, 0.05) is 11.2 Å². The molecule has 0 aromatic heterocycles. The summed E-state index contributed by atoms with van der Waals surface area (Å²) in [7, 11) is 0. The molecule has 0 N–H and O–H groups in total. The van der Waals surface area contributed by atoms with Gasteiger partial charge in [0.2, 0.25) is 0 Å². The van der Waals surface area contributed by atoms with Crippen molar-refractivity contribution in [1.82, 2.24) is 0 Å². The van der Waals surface area contributed by atoms with Gasteiger partial charge in [-0.1, -0.05) is 22.9 Å². The molecular formula is C9H17BrO2. The van der Waals surface area contributed by atoms with Gasteiger partial charge in [-0.05, 0) is 19.8 Å². The standard InChI is InChI=1S/C9H17BrO2/c1-7(4-10)8-5-11-9(2,3)12-6-8/h7-8H,4-6H2,1-3H3. The first-order chi connectivity index (χ1) is 5.55.